The number of benzene rings is 1. The number of nitrogens with zero attached hydrogens (tertiary/aromatic N) is 3. The minimum atomic E-state index is -0.238. The molecule has 3 rings (SSSR count). The molecule has 0 aliphatic rings. The minimum absolute atomic E-state index is 0.238. The van der Waals surface area contributed by atoms with E-state index in [1.54, 1.807) is 16.9 Å². The molecule has 0 radical (unpaired) electrons. The summed E-state index contributed by atoms with van der Waals surface area (Å²) in [6.07, 6.45) is 3.50. The first kappa shape index (κ1) is 8.55. The molecule has 2 heterocycles. The van der Waals surface area contributed by atoms with Gasteiger partial charge in [0.05, 0.1) is 10.2 Å². The molecule has 15 heavy (non-hydrogen) atoms. The van der Waals surface area contributed by atoms with E-state index in [2.05, 4.69) is 10.1 Å². The molecule has 0 spiro atoms. The van der Waals surface area contributed by atoms with Crippen LogP contribution < -0.4 is 0 Å². The van der Waals surface area contributed by atoms with Crippen LogP contribution in [0.2, 0.25) is 0 Å². The van der Waals surface area contributed by atoms with Gasteiger partial charge >= 0.3 is 0 Å². The van der Waals surface area contributed by atoms with Crippen LogP contribution in [0.25, 0.3) is 15.3 Å². The van der Waals surface area contributed by atoms with E-state index in [9.17, 15) is 4.39 Å². The Labute approximate surface area is 88.8 Å². The van der Waals surface area contributed by atoms with E-state index < -0.39 is 0 Å². The zero-order valence-electron chi connectivity index (χ0n) is 7.59. The van der Waals surface area contributed by atoms with E-state index in [4.69, 9.17) is 0 Å². The number of halogens is 1. The maximum atomic E-state index is 12.9. The zero-order valence-corrected chi connectivity index (χ0v) is 8.41. The molecule has 0 amide bonds. The normalized spacial score (nSPS) is 11.0. The lowest BCUT2D eigenvalue weighted by molar-refractivity contribution is 0.630. The Morgan fingerprint density at radius 1 is 1.33 bits per heavy atom. The molecule has 1 aromatic carbocycles. The van der Waals surface area contributed by atoms with E-state index in [1.807, 2.05) is 12.3 Å². The van der Waals surface area contributed by atoms with Crippen LogP contribution in [0, 0.1) is 5.82 Å². The topological polar surface area (TPSA) is 30.7 Å². The molecule has 2 aromatic heterocycles. The molecule has 3 aromatic rings. The molecule has 5 heteroatoms. The lowest BCUT2D eigenvalue weighted by Gasteiger charge is -1.90. The lowest BCUT2D eigenvalue weighted by Crippen LogP contribution is -1.91. The van der Waals surface area contributed by atoms with Gasteiger partial charge in [-0.05, 0) is 24.3 Å². The van der Waals surface area contributed by atoms with Crippen molar-refractivity contribution >= 4 is 21.6 Å². The highest BCUT2D eigenvalue weighted by atomic mass is 32.1. The van der Waals surface area contributed by atoms with E-state index in [0.29, 0.717) is 0 Å². The molecule has 0 saturated carbocycles. The molecule has 74 valence electrons. The summed E-state index contributed by atoms with van der Waals surface area (Å²) in [5.74, 6) is -0.238. The summed E-state index contributed by atoms with van der Waals surface area (Å²) in [4.78, 5) is 4.35. The van der Waals surface area contributed by atoms with E-state index in [-0.39, 0.29) is 5.82 Å². The Kier molecular flexibility index (Phi) is 1.78. The van der Waals surface area contributed by atoms with Gasteiger partial charge in [0.15, 0.2) is 0 Å². The molecule has 0 aliphatic heterocycles. The summed E-state index contributed by atoms with van der Waals surface area (Å²) in [7, 11) is 0. The highest BCUT2D eigenvalue weighted by Gasteiger charge is 2.05. The third-order valence-electron chi connectivity index (χ3n) is 2.04. The Balaban J connectivity index is 2.22. The fourth-order valence-electron chi connectivity index (χ4n) is 1.37. The number of hydrogen-bond acceptors (Lipinski definition) is 3. The van der Waals surface area contributed by atoms with Crippen molar-refractivity contribution in [1.82, 2.24) is 14.8 Å². The van der Waals surface area contributed by atoms with Crippen molar-refractivity contribution in [2.45, 2.75) is 0 Å². The molecular weight excluding hydrogens is 213 g/mol. The summed E-state index contributed by atoms with van der Waals surface area (Å²) in [6, 6.07) is 6.40. The lowest BCUT2D eigenvalue weighted by atomic mass is 10.3. The minimum Gasteiger partial charge on any atom is -0.218 e. The molecule has 0 atom stereocenters. The van der Waals surface area contributed by atoms with Gasteiger partial charge in [-0.15, -0.1) is 0 Å². The summed E-state index contributed by atoms with van der Waals surface area (Å²) in [5.41, 5.74) is 0.798. The van der Waals surface area contributed by atoms with Crippen molar-refractivity contribution in [3.05, 3.63) is 42.5 Å². The van der Waals surface area contributed by atoms with Gasteiger partial charge in [-0.3, -0.25) is 0 Å². The number of hydrogen-bond donors (Lipinski definition) is 0. The summed E-state index contributed by atoms with van der Waals surface area (Å²) in [6.45, 7) is 0. The van der Waals surface area contributed by atoms with Gasteiger partial charge in [0.2, 0.25) is 5.13 Å². The van der Waals surface area contributed by atoms with E-state index >= 15 is 0 Å². The van der Waals surface area contributed by atoms with Gasteiger partial charge in [0, 0.05) is 12.4 Å². The molecule has 0 aliphatic carbocycles. The van der Waals surface area contributed by atoms with E-state index in [1.165, 1.54) is 23.5 Å². The second-order valence-electron chi connectivity index (χ2n) is 3.06. The van der Waals surface area contributed by atoms with Crippen molar-refractivity contribution in [3.63, 3.8) is 0 Å². The van der Waals surface area contributed by atoms with Crippen LogP contribution in [0.3, 0.4) is 0 Å². The van der Waals surface area contributed by atoms with Crippen LogP contribution in [-0.2, 0) is 0 Å². The van der Waals surface area contributed by atoms with Gasteiger partial charge in [-0.2, -0.15) is 5.10 Å². The van der Waals surface area contributed by atoms with Crippen LogP contribution in [-0.4, -0.2) is 14.8 Å². The molecule has 3 nitrogen and oxygen atoms in total. The van der Waals surface area contributed by atoms with Gasteiger partial charge in [-0.25, -0.2) is 14.1 Å². The second kappa shape index (κ2) is 3.13. The summed E-state index contributed by atoms with van der Waals surface area (Å²) >= 11 is 1.42. The Morgan fingerprint density at radius 2 is 2.27 bits per heavy atom. The standard InChI is InChI=1S/C10H6FN3S/c11-7-2-3-8-9(6-7)15-10(13-8)14-5-1-4-12-14/h1-6H. The van der Waals surface area contributed by atoms with Gasteiger partial charge in [0.1, 0.15) is 5.82 Å². The first-order valence-electron chi connectivity index (χ1n) is 4.39. The SMILES string of the molecule is Fc1ccc2nc(-n3cccn3)sc2c1. The molecular formula is C10H6FN3S. The highest BCUT2D eigenvalue weighted by Crippen LogP contribution is 2.24. The average Bonchev–Trinajstić information content (AvgIpc) is 2.84. The van der Waals surface area contributed by atoms with Crippen molar-refractivity contribution in [2.75, 3.05) is 0 Å². The number of thiazole rings is 1. The predicted octanol–water partition coefficient (Wildman–Crippen LogP) is 2.62. The van der Waals surface area contributed by atoms with Gasteiger partial charge < -0.3 is 0 Å². The van der Waals surface area contributed by atoms with E-state index in [0.717, 1.165) is 15.3 Å². The Morgan fingerprint density at radius 3 is 3.07 bits per heavy atom. The molecule has 0 N–H and O–H groups in total. The van der Waals surface area contributed by atoms with Crippen molar-refractivity contribution in [2.24, 2.45) is 0 Å². The predicted molar refractivity (Wildman–Crippen MR) is 56.7 cm³/mol. The van der Waals surface area contributed by atoms with Crippen LogP contribution in [0.15, 0.2) is 36.7 Å². The first-order chi connectivity index (χ1) is 7.33. The molecule has 0 bridgehead atoms. The van der Waals surface area contributed by atoms with Crippen LogP contribution >= 0.6 is 11.3 Å². The highest BCUT2D eigenvalue weighted by molar-refractivity contribution is 7.20. The molecule has 0 saturated heterocycles. The fourth-order valence-corrected chi connectivity index (χ4v) is 2.30. The average molecular weight is 219 g/mol. The maximum Gasteiger partial charge on any atom is 0.211 e. The summed E-state index contributed by atoms with van der Waals surface area (Å²) in [5, 5.41) is 4.83. The van der Waals surface area contributed by atoms with Gasteiger partial charge in [-0.1, -0.05) is 11.3 Å². The van der Waals surface area contributed by atoms with Crippen molar-refractivity contribution in [3.8, 4) is 5.13 Å². The third-order valence-corrected chi connectivity index (χ3v) is 3.05. The smallest absolute Gasteiger partial charge is 0.211 e. The number of aromatic nitrogens is 3. The quantitative estimate of drug-likeness (QED) is 0.630. The monoisotopic (exact) mass is 219 g/mol. The van der Waals surface area contributed by atoms with Crippen LogP contribution in [0.5, 0.6) is 0 Å². The number of fused-ring (bicyclic) bond motifs is 1. The largest absolute Gasteiger partial charge is 0.218 e. The zero-order chi connectivity index (χ0) is 10.3. The maximum absolute atomic E-state index is 12.9. The second-order valence-corrected chi connectivity index (χ2v) is 4.07. The fraction of sp³-hybridized carbons (Fsp3) is 0. The molecule has 0 fully saturated rings. The van der Waals surface area contributed by atoms with Crippen molar-refractivity contribution < 1.29 is 4.39 Å². The van der Waals surface area contributed by atoms with Crippen LogP contribution in [0.4, 0.5) is 4.39 Å². The first-order valence-corrected chi connectivity index (χ1v) is 5.21. The van der Waals surface area contributed by atoms with Crippen molar-refractivity contribution in [1.29, 1.82) is 0 Å². The Bertz CT molecular complexity index is 600. The molecule has 0 unspecified atom stereocenters. The Hall–Kier alpha value is -1.75. The third kappa shape index (κ3) is 1.41. The van der Waals surface area contributed by atoms with Crippen LogP contribution in [0.1, 0.15) is 0 Å². The summed E-state index contributed by atoms with van der Waals surface area (Å²) < 4.78 is 15.4. The van der Waals surface area contributed by atoms with Gasteiger partial charge in [0.25, 0.3) is 0 Å². The number of rotatable bonds is 1.